The van der Waals surface area contributed by atoms with Crippen LogP contribution in [0.3, 0.4) is 0 Å². The molecule has 82 valence electrons. The SMILES string of the molecule is OCC(CO)NCc1cn2ccsc2n1. The Morgan fingerprint density at radius 3 is 2.93 bits per heavy atom. The Morgan fingerprint density at radius 2 is 2.27 bits per heavy atom. The number of fused-ring (bicyclic) bond motifs is 1. The molecule has 0 radical (unpaired) electrons. The highest BCUT2D eigenvalue weighted by Crippen LogP contribution is 2.11. The summed E-state index contributed by atoms with van der Waals surface area (Å²) in [6, 6.07) is -0.273. The lowest BCUT2D eigenvalue weighted by Gasteiger charge is -2.11. The van der Waals surface area contributed by atoms with E-state index in [4.69, 9.17) is 10.2 Å². The molecule has 0 spiro atoms. The van der Waals surface area contributed by atoms with E-state index in [2.05, 4.69) is 10.3 Å². The second-order valence-corrected chi connectivity index (χ2v) is 4.14. The van der Waals surface area contributed by atoms with E-state index in [1.54, 1.807) is 11.3 Å². The molecule has 0 aliphatic rings. The molecule has 0 aliphatic heterocycles. The number of imidazole rings is 1. The zero-order valence-corrected chi connectivity index (χ0v) is 8.94. The summed E-state index contributed by atoms with van der Waals surface area (Å²) in [5, 5.41) is 22.7. The van der Waals surface area contributed by atoms with E-state index in [9.17, 15) is 0 Å². The van der Waals surface area contributed by atoms with Crippen molar-refractivity contribution in [2.24, 2.45) is 0 Å². The van der Waals surface area contributed by atoms with Crippen LogP contribution < -0.4 is 5.32 Å². The molecule has 0 amide bonds. The number of thiazole rings is 1. The summed E-state index contributed by atoms with van der Waals surface area (Å²) in [6.45, 7) is 0.414. The highest BCUT2D eigenvalue weighted by Gasteiger charge is 2.06. The van der Waals surface area contributed by atoms with Gasteiger partial charge in [0.1, 0.15) is 0 Å². The topological polar surface area (TPSA) is 69.8 Å². The number of nitrogens with zero attached hydrogens (tertiary/aromatic N) is 2. The minimum Gasteiger partial charge on any atom is -0.395 e. The molecule has 15 heavy (non-hydrogen) atoms. The minimum absolute atomic E-state index is 0.0707. The molecule has 2 heterocycles. The van der Waals surface area contributed by atoms with Crippen LogP contribution in [0, 0.1) is 0 Å². The van der Waals surface area contributed by atoms with Crippen molar-refractivity contribution in [1.82, 2.24) is 14.7 Å². The number of aliphatic hydroxyl groups is 2. The fourth-order valence-electron chi connectivity index (χ4n) is 1.30. The van der Waals surface area contributed by atoms with Crippen molar-refractivity contribution in [3.05, 3.63) is 23.5 Å². The van der Waals surface area contributed by atoms with E-state index in [1.807, 2.05) is 22.2 Å². The van der Waals surface area contributed by atoms with Crippen molar-refractivity contribution in [2.45, 2.75) is 12.6 Å². The molecule has 0 bridgehead atoms. The van der Waals surface area contributed by atoms with Gasteiger partial charge in [-0.1, -0.05) is 0 Å². The summed E-state index contributed by atoms with van der Waals surface area (Å²) in [5.74, 6) is 0. The summed E-state index contributed by atoms with van der Waals surface area (Å²) < 4.78 is 1.95. The van der Waals surface area contributed by atoms with Crippen molar-refractivity contribution < 1.29 is 10.2 Å². The van der Waals surface area contributed by atoms with Gasteiger partial charge in [-0.05, 0) is 0 Å². The van der Waals surface area contributed by atoms with Gasteiger partial charge >= 0.3 is 0 Å². The lowest BCUT2D eigenvalue weighted by atomic mass is 10.3. The zero-order chi connectivity index (χ0) is 10.7. The van der Waals surface area contributed by atoms with Gasteiger partial charge in [0.05, 0.1) is 24.9 Å². The maximum Gasteiger partial charge on any atom is 0.193 e. The number of rotatable bonds is 5. The van der Waals surface area contributed by atoms with Crippen molar-refractivity contribution >= 4 is 16.3 Å². The van der Waals surface area contributed by atoms with E-state index < -0.39 is 0 Å². The normalized spacial score (nSPS) is 11.7. The first-order valence-electron chi connectivity index (χ1n) is 4.69. The van der Waals surface area contributed by atoms with Crippen LogP contribution >= 0.6 is 11.3 Å². The van der Waals surface area contributed by atoms with Crippen LogP contribution in [0.4, 0.5) is 0 Å². The molecule has 0 saturated carbocycles. The Bertz CT molecular complexity index is 393. The van der Waals surface area contributed by atoms with Crippen LogP contribution in [0.15, 0.2) is 17.8 Å². The van der Waals surface area contributed by atoms with Gasteiger partial charge in [0.25, 0.3) is 0 Å². The molecule has 0 atom stereocenters. The second kappa shape index (κ2) is 4.71. The van der Waals surface area contributed by atoms with E-state index in [0.717, 1.165) is 10.7 Å². The summed E-state index contributed by atoms with van der Waals surface area (Å²) in [6.07, 6.45) is 3.89. The van der Waals surface area contributed by atoms with Gasteiger partial charge in [-0.3, -0.25) is 4.40 Å². The highest BCUT2D eigenvalue weighted by atomic mass is 32.1. The van der Waals surface area contributed by atoms with Gasteiger partial charge in [0, 0.05) is 24.3 Å². The molecule has 2 aromatic rings. The lowest BCUT2D eigenvalue weighted by Crippen LogP contribution is -2.35. The Morgan fingerprint density at radius 1 is 1.47 bits per heavy atom. The van der Waals surface area contributed by atoms with E-state index in [-0.39, 0.29) is 19.3 Å². The van der Waals surface area contributed by atoms with Crippen LogP contribution in [0.1, 0.15) is 5.69 Å². The lowest BCUT2D eigenvalue weighted by molar-refractivity contribution is 0.170. The molecule has 6 heteroatoms. The third-order valence-electron chi connectivity index (χ3n) is 2.16. The largest absolute Gasteiger partial charge is 0.395 e. The van der Waals surface area contributed by atoms with E-state index in [0.29, 0.717) is 6.54 Å². The van der Waals surface area contributed by atoms with Gasteiger partial charge in [0.2, 0.25) is 0 Å². The Kier molecular flexibility index (Phi) is 3.32. The fraction of sp³-hybridized carbons (Fsp3) is 0.444. The van der Waals surface area contributed by atoms with Gasteiger partial charge in [-0.15, -0.1) is 11.3 Å². The number of hydrogen-bond acceptors (Lipinski definition) is 5. The van der Waals surface area contributed by atoms with Crippen molar-refractivity contribution in [1.29, 1.82) is 0 Å². The van der Waals surface area contributed by atoms with Crippen LogP contribution in [0.25, 0.3) is 4.96 Å². The van der Waals surface area contributed by atoms with Gasteiger partial charge in [0.15, 0.2) is 4.96 Å². The molecule has 0 fully saturated rings. The van der Waals surface area contributed by atoms with Crippen LogP contribution in [0.5, 0.6) is 0 Å². The fourth-order valence-corrected chi connectivity index (χ4v) is 2.02. The molecule has 5 nitrogen and oxygen atoms in total. The van der Waals surface area contributed by atoms with Crippen molar-refractivity contribution in [3.8, 4) is 0 Å². The van der Waals surface area contributed by atoms with Crippen LogP contribution in [-0.2, 0) is 6.54 Å². The summed E-state index contributed by atoms with van der Waals surface area (Å²) in [5.41, 5.74) is 0.911. The monoisotopic (exact) mass is 227 g/mol. The molecular formula is C9H13N3O2S. The van der Waals surface area contributed by atoms with Crippen molar-refractivity contribution in [2.75, 3.05) is 13.2 Å². The predicted molar refractivity (Wildman–Crippen MR) is 57.9 cm³/mol. The standard InChI is InChI=1S/C9H13N3O2S/c13-5-8(6-14)10-3-7-4-12-1-2-15-9(12)11-7/h1-2,4,8,10,13-14H,3,5-6H2. The Hall–Kier alpha value is -0.950. The average molecular weight is 227 g/mol. The smallest absolute Gasteiger partial charge is 0.193 e. The minimum atomic E-state index is -0.273. The second-order valence-electron chi connectivity index (χ2n) is 3.27. The molecule has 0 unspecified atom stereocenters. The molecular weight excluding hydrogens is 214 g/mol. The average Bonchev–Trinajstić information content (AvgIpc) is 2.79. The molecule has 0 saturated heterocycles. The first-order valence-corrected chi connectivity index (χ1v) is 5.57. The molecule has 0 aliphatic carbocycles. The van der Waals surface area contributed by atoms with Gasteiger partial charge < -0.3 is 15.5 Å². The maximum atomic E-state index is 8.86. The zero-order valence-electron chi connectivity index (χ0n) is 8.13. The molecule has 2 rings (SSSR count). The first kappa shape index (κ1) is 10.6. The highest BCUT2D eigenvalue weighted by molar-refractivity contribution is 7.15. The van der Waals surface area contributed by atoms with Gasteiger partial charge in [-0.25, -0.2) is 4.98 Å². The first-order chi connectivity index (χ1) is 7.33. The Balaban J connectivity index is 1.97. The number of hydrogen-bond donors (Lipinski definition) is 3. The Labute approximate surface area is 91.0 Å². The summed E-state index contributed by atoms with van der Waals surface area (Å²) in [7, 11) is 0. The number of aromatic nitrogens is 2. The quantitative estimate of drug-likeness (QED) is 0.664. The number of nitrogens with one attached hydrogen (secondary N) is 1. The van der Waals surface area contributed by atoms with E-state index >= 15 is 0 Å². The third-order valence-corrected chi connectivity index (χ3v) is 2.93. The summed E-state index contributed by atoms with van der Waals surface area (Å²) in [4.78, 5) is 5.32. The number of aliphatic hydroxyl groups excluding tert-OH is 2. The molecule has 3 N–H and O–H groups in total. The third kappa shape index (κ3) is 2.35. The maximum absolute atomic E-state index is 8.86. The summed E-state index contributed by atoms with van der Waals surface area (Å²) >= 11 is 1.58. The predicted octanol–water partition coefficient (Wildman–Crippen LogP) is -0.161. The van der Waals surface area contributed by atoms with Crippen LogP contribution in [-0.4, -0.2) is 38.9 Å². The molecule has 2 aromatic heterocycles. The molecule has 0 aromatic carbocycles. The van der Waals surface area contributed by atoms with Crippen LogP contribution in [0.2, 0.25) is 0 Å². The van der Waals surface area contributed by atoms with E-state index in [1.165, 1.54) is 0 Å². The van der Waals surface area contributed by atoms with Gasteiger partial charge in [-0.2, -0.15) is 0 Å². The van der Waals surface area contributed by atoms with Crippen molar-refractivity contribution in [3.63, 3.8) is 0 Å².